The quantitative estimate of drug-likeness (QED) is 0.774. The third-order valence-electron chi connectivity index (χ3n) is 2.36. The molecule has 2 N–H and O–H groups in total. The molecule has 0 amide bonds. The van der Waals surface area contributed by atoms with Crippen LogP contribution in [-0.2, 0) is 9.59 Å². The first-order chi connectivity index (χ1) is 7.95. The van der Waals surface area contributed by atoms with Gasteiger partial charge >= 0.3 is 11.9 Å². The van der Waals surface area contributed by atoms with Crippen LogP contribution in [-0.4, -0.2) is 29.2 Å². The van der Waals surface area contributed by atoms with Crippen molar-refractivity contribution in [3.8, 4) is 0 Å². The van der Waals surface area contributed by atoms with Crippen LogP contribution in [0, 0.1) is 0 Å². The Morgan fingerprint density at radius 1 is 1.06 bits per heavy atom. The molecule has 0 atom stereocenters. The summed E-state index contributed by atoms with van der Waals surface area (Å²) in [5.41, 5.74) is 0.165. The largest absolute Gasteiger partial charge is 0.478 e. The van der Waals surface area contributed by atoms with Crippen molar-refractivity contribution in [3.05, 3.63) is 41.6 Å². The number of carbonyl (C=O) groups is 2. The summed E-state index contributed by atoms with van der Waals surface area (Å²) < 4.78 is 0. The zero-order chi connectivity index (χ0) is 13.0. The molecule has 0 heterocycles. The summed E-state index contributed by atoms with van der Waals surface area (Å²) >= 11 is 0. The highest BCUT2D eigenvalue weighted by Crippen LogP contribution is 2.19. The zero-order valence-corrected chi connectivity index (χ0v) is 9.54. The molecule has 0 unspecified atom stereocenters. The van der Waals surface area contributed by atoms with Gasteiger partial charge in [0.1, 0.15) is 5.70 Å². The maximum atomic E-state index is 11.1. The minimum Gasteiger partial charge on any atom is -0.478 e. The van der Waals surface area contributed by atoms with Crippen molar-refractivity contribution in [2.45, 2.75) is 6.92 Å². The molecular weight excluding hydrogens is 222 g/mol. The molecular formula is C12H13NO4. The van der Waals surface area contributed by atoms with Gasteiger partial charge in [-0.1, -0.05) is 18.2 Å². The van der Waals surface area contributed by atoms with E-state index >= 15 is 0 Å². The van der Waals surface area contributed by atoms with Crippen LogP contribution in [0.25, 0.3) is 0 Å². The van der Waals surface area contributed by atoms with Crippen LogP contribution in [0.2, 0.25) is 0 Å². The number of hydrogen-bond donors (Lipinski definition) is 2. The van der Waals surface area contributed by atoms with Gasteiger partial charge in [0.05, 0.1) is 5.57 Å². The SMILES string of the molecule is CC(C(=O)O)=C(C(=O)O)N(C)c1ccccc1. The van der Waals surface area contributed by atoms with Gasteiger partial charge in [-0.2, -0.15) is 0 Å². The minimum atomic E-state index is -1.27. The molecule has 17 heavy (non-hydrogen) atoms. The van der Waals surface area contributed by atoms with E-state index < -0.39 is 11.9 Å². The molecule has 0 aliphatic heterocycles. The number of carboxylic acids is 2. The van der Waals surface area contributed by atoms with E-state index in [2.05, 4.69) is 0 Å². The summed E-state index contributed by atoms with van der Waals surface area (Å²) in [5.74, 6) is -2.51. The van der Waals surface area contributed by atoms with E-state index in [9.17, 15) is 9.59 Å². The summed E-state index contributed by atoms with van der Waals surface area (Å²) in [7, 11) is 1.52. The van der Waals surface area contributed by atoms with E-state index in [0.717, 1.165) is 0 Å². The average molecular weight is 235 g/mol. The fourth-order valence-electron chi connectivity index (χ4n) is 1.44. The van der Waals surface area contributed by atoms with E-state index in [1.165, 1.54) is 18.9 Å². The van der Waals surface area contributed by atoms with E-state index in [0.29, 0.717) is 5.69 Å². The van der Waals surface area contributed by atoms with Crippen LogP contribution in [0.4, 0.5) is 5.69 Å². The Hall–Kier alpha value is -2.30. The highest BCUT2D eigenvalue weighted by Gasteiger charge is 2.21. The van der Waals surface area contributed by atoms with Crippen molar-refractivity contribution >= 4 is 17.6 Å². The van der Waals surface area contributed by atoms with E-state index in [-0.39, 0.29) is 11.3 Å². The van der Waals surface area contributed by atoms with Gasteiger partial charge in [-0.3, -0.25) is 0 Å². The van der Waals surface area contributed by atoms with Crippen molar-refractivity contribution in [2.24, 2.45) is 0 Å². The van der Waals surface area contributed by atoms with Gasteiger partial charge in [0, 0.05) is 12.7 Å². The second-order valence-electron chi connectivity index (χ2n) is 3.48. The zero-order valence-electron chi connectivity index (χ0n) is 9.54. The molecule has 1 rings (SSSR count). The normalized spacial score (nSPS) is 11.6. The van der Waals surface area contributed by atoms with Gasteiger partial charge in [0.25, 0.3) is 0 Å². The summed E-state index contributed by atoms with van der Waals surface area (Å²) in [6.07, 6.45) is 0. The molecule has 1 aromatic rings. The van der Waals surface area contributed by atoms with Crippen LogP contribution >= 0.6 is 0 Å². The van der Waals surface area contributed by atoms with Crippen LogP contribution in [0.1, 0.15) is 6.92 Å². The van der Waals surface area contributed by atoms with Gasteiger partial charge in [-0.25, -0.2) is 9.59 Å². The molecule has 0 spiro atoms. The van der Waals surface area contributed by atoms with Crippen LogP contribution in [0.15, 0.2) is 41.6 Å². The number of para-hydroxylation sites is 1. The minimum absolute atomic E-state index is 0.205. The molecule has 0 radical (unpaired) electrons. The van der Waals surface area contributed by atoms with E-state index in [1.807, 2.05) is 0 Å². The van der Waals surface area contributed by atoms with E-state index in [1.54, 1.807) is 30.3 Å². The van der Waals surface area contributed by atoms with Crippen molar-refractivity contribution < 1.29 is 19.8 Å². The van der Waals surface area contributed by atoms with Gasteiger partial charge in [0.2, 0.25) is 0 Å². The van der Waals surface area contributed by atoms with Gasteiger partial charge in [-0.15, -0.1) is 0 Å². The Bertz CT molecular complexity index is 465. The molecule has 0 aromatic heterocycles. The Morgan fingerprint density at radius 2 is 1.59 bits per heavy atom. The number of likely N-dealkylation sites (N-methyl/N-ethyl adjacent to an activating group) is 1. The smallest absolute Gasteiger partial charge is 0.353 e. The standard InChI is InChI=1S/C12H13NO4/c1-8(11(14)15)10(12(16)17)13(2)9-6-4-3-5-7-9/h3-7H,1-2H3,(H,14,15)(H,16,17). The topological polar surface area (TPSA) is 77.8 Å². The number of anilines is 1. The van der Waals surface area contributed by atoms with E-state index in [4.69, 9.17) is 10.2 Å². The maximum absolute atomic E-state index is 11.1. The number of hydrogen-bond acceptors (Lipinski definition) is 3. The monoisotopic (exact) mass is 235 g/mol. The average Bonchev–Trinajstić information content (AvgIpc) is 2.29. The van der Waals surface area contributed by atoms with Crippen molar-refractivity contribution in [3.63, 3.8) is 0 Å². The van der Waals surface area contributed by atoms with Crippen molar-refractivity contribution in [2.75, 3.05) is 11.9 Å². The number of rotatable bonds is 4. The second kappa shape index (κ2) is 5.16. The summed E-state index contributed by atoms with van der Waals surface area (Å²) in [6.45, 7) is 1.27. The number of aliphatic carboxylic acids is 2. The Labute approximate surface area is 98.6 Å². The molecule has 0 aliphatic carbocycles. The Balaban J connectivity index is 3.23. The lowest BCUT2D eigenvalue weighted by Crippen LogP contribution is -2.26. The summed E-state index contributed by atoms with van der Waals surface area (Å²) in [4.78, 5) is 23.3. The molecule has 0 aliphatic rings. The fraction of sp³-hybridized carbons (Fsp3) is 0.167. The first-order valence-corrected chi connectivity index (χ1v) is 4.91. The Kier molecular flexibility index (Phi) is 3.87. The molecule has 90 valence electrons. The highest BCUT2D eigenvalue weighted by molar-refractivity contribution is 6.00. The fourth-order valence-corrected chi connectivity index (χ4v) is 1.44. The summed E-state index contributed by atoms with van der Waals surface area (Å²) in [5, 5.41) is 17.9. The number of benzene rings is 1. The Morgan fingerprint density at radius 3 is 2.00 bits per heavy atom. The second-order valence-corrected chi connectivity index (χ2v) is 3.48. The maximum Gasteiger partial charge on any atom is 0.353 e. The van der Waals surface area contributed by atoms with Crippen LogP contribution in [0.5, 0.6) is 0 Å². The molecule has 1 aromatic carbocycles. The molecule has 5 nitrogen and oxygen atoms in total. The molecule has 0 saturated carbocycles. The predicted octanol–water partition coefficient (Wildman–Crippen LogP) is 1.57. The molecule has 0 saturated heterocycles. The van der Waals surface area contributed by atoms with Crippen LogP contribution < -0.4 is 4.90 Å². The highest BCUT2D eigenvalue weighted by atomic mass is 16.4. The predicted molar refractivity (Wildman–Crippen MR) is 62.8 cm³/mol. The lowest BCUT2D eigenvalue weighted by atomic mass is 10.2. The van der Waals surface area contributed by atoms with Crippen LogP contribution in [0.3, 0.4) is 0 Å². The first kappa shape index (κ1) is 12.8. The van der Waals surface area contributed by atoms with Gasteiger partial charge in [-0.05, 0) is 19.1 Å². The molecule has 5 heteroatoms. The third-order valence-corrected chi connectivity index (χ3v) is 2.36. The summed E-state index contributed by atoms with van der Waals surface area (Å²) in [6, 6.07) is 8.71. The first-order valence-electron chi connectivity index (χ1n) is 4.91. The van der Waals surface area contributed by atoms with Gasteiger partial charge in [0.15, 0.2) is 0 Å². The lowest BCUT2D eigenvalue weighted by Gasteiger charge is -2.20. The van der Waals surface area contributed by atoms with Crippen molar-refractivity contribution in [1.82, 2.24) is 0 Å². The molecule has 0 bridgehead atoms. The van der Waals surface area contributed by atoms with Gasteiger partial charge < -0.3 is 15.1 Å². The third kappa shape index (κ3) is 2.84. The van der Waals surface area contributed by atoms with Crippen molar-refractivity contribution in [1.29, 1.82) is 0 Å². The lowest BCUT2D eigenvalue weighted by molar-refractivity contribution is -0.135. The number of nitrogens with zero attached hydrogens (tertiary/aromatic N) is 1. The number of carboxylic acid groups (broad SMARTS) is 2. The molecule has 0 fully saturated rings.